The fourth-order valence-corrected chi connectivity index (χ4v) is 2.89. The third-order valence-electron chi connectivity index (χ3n) is 3.19. The molecule has 1 N–H and O–H groups in total. The van der Waals surface area contributed by atoms with Gasteiger partial charge in [0.25, 0.3) is 0 Å². The van der Waals surface area contributed by atoms with Gasteiger partial charge in [0.05, 0.1) is 0 Å². The van der Waals surface area contributed by atoms with Crippen molar-refractivity contribution < 1.29 is 0 Å². The second-order valence-corrected chi connectivity index (χ2v) is 5.59. The van der Waals surface area contributed by atoms with Crippen LogP contribution in [0.1, 0.15) is 32.1 Å². The zero-order valence-electron chi connectivity index (χ0n) is 10.1. The van der Waals surface area contributed by atoms with Crippen LogP contribution in [0.4, 0.5) is 5.82 Å². The molecule has 94 valence electrons. The van der Waals surface area contributed by atoms with Gasteiger partial charge in [0, 0.05) is 12.6 Å². The molecule has 1 aromatic heterocycles. The first-order chi connectivity index (χ1) is 8.28. The lowest BCUT2D eigenvalue weighted by Crippen LogP contribution is -2.08. The van der Waals surface area contributed by atoms with Gasteiger partial charge in [0.2, 0.25) is 0 Å². The molecule has 0 unspecified atom stereocenters. The van der Waals surface area contributed by atoms with Crippen molar-refractivity contribution in [3.8, 4) is 0 Å². The molecule has 0 radical (unpaired) electrons. The van der Waals surface area contributed by atoms with Crippen molar-refractivity contribution in [1.82, 2.24) is 9.97 Å². The Morgan fingerprint density at radius 1 is 1.41 bits per heavy atom. The molecule has 1 aromatic rings. The second kappa shape index (κ2) is 6.45. The molecule has 0 atom stereocenters. The number of rotatable bonds is 5. The highest BCUT2D eigenvalue weighted by molar-refractivity contribution is 7.98. The minimum absolute atomic E-state index is 0.507. The van der Waals surface area contributed by atoms with E-state index >= 15 is 0 Å². The molecule has 17 heavy (non-hydrogen) atoms. The van der Waals surface area contributed by atoms with Crippen LogP contribution in [-0.4, -0.2) is 22.8 Å². The van der Waals surface area contributed by atoms with Crippen molar-refractivity contribution in [3.05, 3.63) is 11.2 Å². The van der Waals surface area contributed by atoms with E-state index in [9.17, 15) is 0 Å². The van der Waals surface area contributed by atoms with E-state index in [-0.39, 0.29) is 0 Å². The highest BCUT2D eigenvalue weighted by Crippen LogP contribution is 2.27. The molecular formula is C12H18ClN3S. The van der Waals surface area contributed by atoms with Crippen LogP contribution < -0.4 is 5.32 Å². The fraction of sp³-hybridized carbons (Fsp3) is 0.667. The smallest absolute Gasteiger partial charge is 0.190 e. The van der Waals surface area contributed by atoms with Crippen LogP contribution in [0.3, 0.4) is 0 Å². The van der Waals surface area contributed by atoms with Crippen LogP contribution in [-0.2, 0) is 0 Å². The summed E-state index contributed by atoms with van der Waals surface area (Å²) in [5, 5.41) is 4.57. The average molecular weight is 272 g/mol. The van der Waals surface area contributed by atoms with Crippen molar-refractivity contribution in [2.24, 2.45) is 5.92 Å². The zero-order valence-corrected chi connectivity index (χ0v) is 11.7. The SMILES string of the molecule is CSc1nc(Cl)cc(NCCC2CCCC2)n1. The van der Waals surface area contributed by atoms with E-state index < -0.39 is 0 Å². The first-order valence-corrected chi connectivity index (χ1v) is 7.70. The maximum Gasteiger partial charge on any atom is 0.190 e. The number of hydrogen-bond donors (Lipinski definition) is 1. The molecule has 5 heteroatoms. The van der Waals surface area contributed by atoms with Gasteiger partial charge in [-0.2, -0.15) is 0 Å². The summed E-state index contributed by atoms with van der Waals surface area (Å²) in [5.74, 6) is 1.74. The van der Waals surface area contributed by atoms with Gasteiger partial charge in [-0.1, -0.05) is 49.0 Å². The van der Waals surface area contributed by atoms with E-state index in [4.69, 9.17) is 11.6 Å². The van der Waals surface area contributed by atoms with Gasteiger partial charge in [-0.05, 0) is 18.6 Å². The molecule has 1 aliphatic carbocycles. The average Bonchev–Trinajstić information content (AvgIpc) is 2.81. The molecule has 1 aliphatic rings. The number of nitrogens with zero attached hydrogens (tertiary/aromatic N) is 2. The van der Waals surface area contributed by atoms with Gasteiger partial charge in [0.15, 0.2) is 5.16 Å². The summed E-state index contributed by atoms with van der Waals surface area (Å²) < 4.78 is 0. The summed E-state index contributed by atoms with van der Waals surface area (Å²) in [4.78, 5) is 8.49. The Bertz CT molecular complexity index is 367. The standard InChI is InChI=1S/C12H18ClN3S/c1-17-12-15-10(13)8-11(16-12)14-7-6-9-4-2-3-5-9/h8-9H,2-7H2,1H3,(H,14,15,16). The lowest BCUT2D eigenvalue weighted by atomic mass is 10.0. The maximum absolute atomic E-state index is 5.93. The summed E-state index contributed by atoms with van der Waals surface area (Å²) in [6, 6.07) is 1.79. The number of nitrogens with one attached hydrogen (secondary N) is 1. The number of thioether (sulfide) groups is 1. The normalized spacial score (nSPS) is 16.4. The number of anilines is 1. The highest BCUT2D eigenvalue weighted by Gasteiger charge is 2.14. The largest absolute Gasteiger partial charge is 0.370 e. The fourth-order valence-electron chi connectivity index (χ4n) is 2.28. The summed E-state index contributed by atoms with van der Waals surface area (Å²) in [6.07, 6.45) is 8.77. The van der Waals surface area contributed by atoms with Gasteiger partial charge < -0.3 is 5.32 Å². The second-order valence-electron chi connectivity index (χ2n) is 4.43. The summed E-state index contributed by atoms with van der Waals surface area (Å²) in [5.41, 5.74) is 0. The number of hydrogen-bond acceptors (Lipinski definition) is 4. The summed E-state index contributed by atoms with van der Waals surface area (Å²) >= 11 is 7.44. The lowest BCUT2D eigenvalue weighted by molar-refractivity contribution is 0.518. The number of aromatic nitrogens is 2. The Hall–Kier alpha value is -0.480. The van der Waals surface area contributed by atoms with Gasteiger partial charge in [-0.25, -0.2) is 9.97 Å². The van der Waals surface area contributed by atoms with Gasteiger partial charge >= 0.3 is 0 Å². The van der Waals surface area contributed by atoms with Crippen LogP contribution in [0.5, 0.6) is 0 Å². The molecule has 3 nitrogen and oxygen atoms in total. The maximum atomic E-state index is 5.93. The van der Waals surface area contributed by atoms with Gasteiger partial charge in [0.1, 0.15) is 11.0 Å². The monoisotopic (exact) mass is 271 g/mol. The van der Waals surface area contributed by atoms with E-state index in [0.29, 0.717) is 5.15 Å². The molecule has 0 spiro atoms. The van der Waals surface area contributed by atoms with Gasteiger partial charge in [-0.3, -0.25) is 0 Å². The predicted molar refractivity (Wildman–Crippen MR) is 73.9 cm³/mol. The molecule has 2 rings (SSSR count). The summed E-state index contributed by atoms with van der Waals surface area (Å²) in [7, 11) is 0. The molecule has 0 bridgehead atoms. The van der Waals surface area contributed by atoms with Crippen LogP contribution in [0, 0.1) is 5.92 Å². The minimum atomic E-state index is 0.507. The first kappa shape index (κ1) is 13.0. The Kier molecular flexibility index (Phi) is 4.92. The summed E-state index contributed by atoms with van der Waals surface area (Å²) in [6.45, 7) is 0.978. The van der Waals surface area contributed by atoms with Gasteiger partial charge in [-0.15, -0.1) is 0 Å². The molecule has 0 amide bonds. The zero-order chi connectivity index (χ0) is 12.1. The Balaban J connectivity index is 1.83. The van der Waals surface area contributed by atoms with E-state index in [1.807, 2.05) is 6.26 Å². The topological polar surface area (TPSA) is 37.8 Å². The third kappa shape index (κ3) is 4.03. The predicted octanol–water partition coefficient (Wildman–Crippen LogP) is 3.84. The van der Waals surface area contributed by atoms with E-state index in [2.05, 4.69) is 15.3 Å². The van der Waals surface area contributed by atoms with Crippen molar-refractivity contribution >= 4 is 29.2 Å². The molecule has 0 aliphatic heterocycles. The Labute approximate surface area is 112 Å². The van der Waals surface area contributed by atoms with Crippen LogP contribution in [0.25, 0.3) is 0 Å². The lowest BCUT2D eigenvalue weighted by Gasteiger charge is -2.10. The minimum Gasteiger partial charge on any atom is -0.370 e. The van der Waals surface area contributed by atoms with Crippen LogP contribution in [0.15, 0.2) is 11.2 Å². The van der Waals surface area contributed by atoms with Crippen molar-refractivity contribution in [2.45, 2.75) is 37.3 Å². The van der Waals surface area contributed by atoms with E-state index in [1.54, 1.807) is 6.07 Å². The Morgan fingerprint density at radius 3 is 2.88 bits per heavy atom. The Morgan fingerprint density at radius 2 is 2.18 bits per heavy atom. The highest BCUT2D eigenvalue weighted by atomic mass is 35.5. The molecule has 1 heterocycles. The molecular weight excluding hydrogens is 254 g/mol. The van der Waals surface area contributed by atoms with Crippen molar-refractivity contribution in [2.75, 3.05) is 18.1 Å². The quantitative estimate of drug-likeness (QED) is 0.502. The molecule has 0 aromatic carbocycles. The van der Waals surface area contributed by atoms with Crippen molar-refractivity contribution in [3.63, 3.8) is 0 Å². The van der Waals surface area contributed by atoms with Crippen LogP contribution in [0.2, 0.25) is 5.15 Å². The van der Waals surface area contributed by atoms with Crippen LogP contribution >= 0.6 is 23.4 Å². The number of halogens is 1. The first-order valence-electron chi connectivity index (χ1n) is 6.10. The van der Waals surface area contributed by atoms with E-state index in [0.717, 1.165) is 23.4 Å². The van der Waals surface area contributed by atoms with Crippen molar-refractivity contribution in [1.29, 1.82) is 0 Å². The third-order valence-corrected chi connectivity index (χ3v) is 3.93. The molecule has 1 saturated carbocycles. The molecule has 0 saturated heterocycles. The van der Waals surface area contributed by atoms with E-state index in [1.165, 1.54) is 43.9 Å². The molecule has 1 fully saturated rings.